The van der Waals surface area contributed by atoms with E-state index in [2.05, 4.69) is 5.32 Å². The number of aliphatic hydroxyl groups is 1. The average molecular weight is 330 g/mol. The quantitative estimate of drug-likeness (QED) is 0.460. The van der Waals surface area contributed by atoms with Crippen molar-refractivity contribution in [3.8, 4) is 0 Å². The van der Waals surface area contributed by atoms with Gasteiger partial charge in [0.2, 0.25) is 0 Å². The maximum absolute atomic E-state index is 12.3. The summed E-state index contributed by atoms with van der Waals surface area (Å²) in [5.74, 6) is -0.667. The number of nitro benzene ring substituents is 1. The number of carbonyl (C=O) groups is 1. The zero-order chi connectivity index (χ0) is 17.5. The Kier molecular flexibility index (Phi) is 5.86. The van der Waals surface area contributed by atoms with Crippen LogP contribution in [0.3, 0.4) is 0 Å². The number of ether oxygens (including phenoxy) is 1. The molecule has 0 saturated heterocycles. The van der Waals surface area contributed by atoms with Gasteiger partial charge in [0.05, 0.1) is 17.1 Å². The molecule has 0 fully saturated rings. The summed E-state index contributed by atoms with van der Waals surface area (Å²) in [7, 11) is 0. The molecule has 0 bridgehead atoms. The van der Waals surface area contributed by atoms with Crippen molar-refractivity contribution in [1.29, 1.82) is 0 Å². The molecule has 0 heterocycles. The molecular weight excluding hydrogens is 312 g/mol. The fourth-order valence-corrected chi connectivity index (χ4v) is 2.07. The van der Waals surface area contributed by atoms with Gasteiger partial charge in [-0.25, -0.2) is 4.79 Å². The molecule has 2 N–H and O–H groups in total. The van der Waals surface area contributed by atoms with Crippen LogP contribution in [-0.2, 0) is 11.3 Å². The first-order valence-corrected chi connectivity index (χ1v) is 7.37. The lowest BCUT2D eigenvalue weighted by Crippen LogP contribution is -2.13. The topological polar surface area (TPSA) is 102 Å². The summed E-state index contributed by atoms with van der Waals surface area (Å²) in [6.45, 7) is 2.12. The van der Waals surface area contributed by atoms with E-state index in [-0.39, 0.29) is 31.0 Å². The highest BCUT2D eigenvalue weighted by Crippen LogP contribution is 2.23. The number of carbonyl (C=O) groups excluding carboxylic acids is 1. The molecule has 2 aromatic carbocycles. The number of aliphatic hydroxyl groups excluding tert-OH is 1. The van der Waals surface area contributed by atoms with Crippen LogP contribution in [0.2, 0.25) is 0 Å². The van der Waals surface area contributed by atoms with E-state index in [4.69, 9.17) is 9.84 Å². The van der Waals surface area contributed by atoms with Gasteiger partial charge in [0.1, 0.15) is 6.61 Å². The van der Waals surface area contributed by atoms with Crippen molar-refractivity contribution >= 4 is 17.3 Å². The van der Waals surface area contributed by atoms with Crippen molar-refractivity contribution in [1.82, 2.24) is 0 Å². The van der Waals surface area contributed by atoms with Crippen LogP contribution in [-0.4, -0.2) is 29.2 Å². The Balaban J connectivity index is 2.17. The number of nitrogens with zero attached hydrogens (tertiary/aromatic N) is 1. The number of non-ortho nitro benzene ring substituents is 1. The van der Waals surface area contributed by atoms with Crippen molar-refractivity contribution in [3.05, 3.63) is 69.3 Å². The molecule has 0 spiro atoms. The molecule has 0 aliphatic rings. The van der Waals surface area contributed by atoms with E-state index in [1.54, 1.807) is 0 Å². The number of nitrogens with one attached hydrogen (secondary N) is 1. The van der Waals surface area contributed by atoms with E-state index in [0.29, 0.717) is 5.69 Å². The third-order valence-electron chi connectivity index (χ3n) is 3.35. The highest BCUT2D eigenvalue weighted by atomic mass is 16.6. The molecule has 2 rings (SSSR count). The summed E-state index contributed by atoms with van der Waals surface area (Å²) >= 11 is 0. The Bertz CT molecular complexity index is 728. The lowest BCUT2D eigenvalue weighted by Gasteiger charge is -2.11. The van der Waals surface area contributed by atoms with Gasteiger partial charge >= 0.3 is 5.97 Å². The second-order valence-corrected chi connectivity index (χ2v) is 5.20. The SMILES string of the molecule is Cc1ccc(COC(=O)c2cc([N+](=O)[O-])ccc2NCCO)cc1. The number of hydrogen-bond acceptors (Lipinski definition) is 6. The van der Waals surface area contributed by atoms with Crippen molar-refractivity contribution in [2.24, 2.45) is 0 Å². The number of benzene rings is 2. The van der Waals surface area contributed by atoms with E-state index in [0.717, 1.165) is 17.2 Å². The van der Waals surface area contributed by atoms with Crippen LogP contribution in [0.5, 0.6) is 0 Å². The van der Waals surface area contributed by atoms with Crippen molar-refractivity contribution < 1.29 is 19.6 Å². The van der Waals surface area contributed by atoms with Crippen LogP contribution in [0.25, 0.3) is 0 Å². The van der Waals surface area contributed by atoms with E-state index in [1.807, 2.05) is 31.2 Å². The smallest absolute Gasteiger partial charge is 0.340 e. The molecule has 24 heavy (non-hydrogen) atoms. The van der Waals surface area contributed by atoms with E-state index >= 15 is 0 Å². The monoisotopic (exact) mass is 330 g/mol. The van der Waals surface area contributed by atoms with E-state index < -0.39 is 10.9 Å². The lowest BCUT2D eigenvalue weighted by molar-refractivity contribution is -0.384. The third kappa shape index (κ3) is 4.53. The first-order chi connectivity index (χ1) is 11.5. The Morgan fingerprint density at radius 1 is 1.25 bits per heavy atom. The van der Waals surface area contributed by atoms with Crippen molar-refractivity contribution in [2.45, 2.75) is 13.5 Å². The van der Waals surface area contributed by atoms with Gasteiger partial charge in [0.25, 0.3) is 5.69 Å². The summed E-state index contributed by atoms with van der Waals surface area (Å²) in [5, 5.41) is 22.6. The zero-order valence-corrected chi connectivity index (χ0v) is 13.2. The number of anilines is 1. The molecule has 0 aliphatic heterocycles. The summed E-state index contributed by atoms with van der Waals surface area (Å²) in [6.07, 6.45) is 0. The van der Waals surface area contributed by atoms with Gasteiger partial charge in [-0.15, -0.1) is 0 Å². The van der Waals surface area contributed by atoms with Gasteiger partial charge < -0.3 is 15.2 Å². The molecule has 0 atom stereocenters. The summed E-state index contributed by atoms with van der Waals surface area (Å²) in [5.41, 5.74) is 2.16. The minimum atomic E-state index is -0.667. The molecule has 0 saturated carbocycles. The molecule has 0 unspecified atom stereocenters. The van der Waals surface area contributed by atoms with Gasteiger partial charge in [-0.2, -0.15) is 0 Å². The molecule has 0 aliphatic carbocycles. The highest BCUT2D eigenvalue weighted by Gasteiger charge is 2.18. The van der Waals surface area contributed by atoms with E-state index in [1.165, 1.54) is 12.1 Å². The predicted molar refractivity (Wildman–Crippen MR) is 89.0 cm³/mol. The molecule has 7 nitrogen and oxygen atoms in total. The average Bonchev–Trinajstić information content (AvgIpc) is 2.59. The minimum absolute atomic E-state index is 0.0600. The number of nitro groups is 1. The summed E-state index contributed by atoms with van der Waals surface area (Å²) in [4.78, 5) is 22.6. The van der Waals surface area contributed by atoms with Gasteiger partial charge in [-0.3, -0.25) is 10.1 Å². The molecule has 0 aromatic heterocycles. The van der Waals surface area contributed by atoms with Crippen LogP contribution < -0.4 is 5.32 Å². The van der Waals surface area contributed by atoms with Crippen LogP contribution in [0, 0.1) is 17.0 Å². The Hall–Kier alpha value is -2.93. The van der Waals surface area contributed by atoms with Gasteiger partial charge in [0, 0.05) is 24.4 Å². The number of rotatable bonds is 7. The molecule has 7 heteroatoms. The first kappa shape index (κ1) is 17.4. The number of aryl methyl sites for hydroxylation is 1. The second kappa shape index (κ2) is 8.07. The molecule has 126 valence electrons. The standard InChI is InChI=1S/C17H18N2O5/c1-12-2-4-13(5-3-12)11-24-17(21)15-10-14(19(22)23)6-7-16(15)18-8-9-20/h2-7,10,18,20H,8-9,11H2,1H3. The van der Waals surface area contributed by atoms with Crippen LogP contribution in [0.1, 0.15) is 21.5 Å². The largest absolute Gasteiger partial charge is 0.457 e. The molecule has 0 radical (unpaired) electrons. The minimum Gasteiger partial charge on any atom is -0.457 e. The lowest BCUT2D eigenvalue weighted by atomic mass is 10.1. The zero-order valence-electron chi connectivity index (χ0n) is 13.2. The Morgan fingerprint density at radius 3 is 2.58 bits per heavy atom. The maximum atomic E-state index is 12.3. The fourth-order valence-electron chi connectivity index (χ4n) is 2.07. The van der Waals surface area contributed by atoms with Crippen LogP contribution in [0.4, 0.5) is 11.4 Å². The van der Waals surface area contributed by atoms with Crippen molar-refractivity contribution in [2.75, 3.05) is 18.5 Å². The molecule has 0 amide bonds. The molecule has 2 aromatic rings. The van der Waals surface area contributed by atoms with Gasteiger partial charge in [-0.1, -0.05) is 29.8 Å². The Morgan fingerprint density at radius 2 is 1.96 bits per heavy atom. The van der Waals surface area contributed by atoms with E-state index in [9.17, 15) is 14.9 Å². The van der Waals surface area contributed by atoms with Crippen molar-refractivity contribution in [3.63, 3.8) is 0 Å². The maximum Gasteiger partial charge on any atom is 0.340 e. The summed E-state index contributed by atoms with van der Waals surface area (Å²) < 4.78 is 5.25. The predicted octanol–water partition coefficient (Wildman–Crippen LogP) is 2.66. The molecular formula is C17H18N2O5. The first-order valence-electron chi connectivity index (χ1n) is 7.37. The Labute approximate surface area is 139 Å². The number of hydrogen-bond donors (Lipinski definition) is 2. The highest BCUT2D eigenvalue weighted by molar-refractivity contribution is 5.96. The third-order valence-corrected chi connectivity index (χ3v) is 3.35. The second-order valence-electron chi connectivity index (χ2n) is 5.20. The van der Waals surface area contributed by atoms with Crippen LogP contribution in [0.15, 0.2) is 42.5 Å². The van der Waals surface area contributed by atoms with Gasteiger partial charge in [0.15, 0.2) is 0 Å². The normalized spacial score (nSPS) is 10.2. The number of esters is 1. The summed E-state index contributed by atoms with van der Waals surface area (Å²) in [6, 6.07) is 11.4. The fraction of sp³-hybridized carbons (Fsp3) is 0.235. The van der Waals surface area contributed by atoms with Gasteiger partial charge in [-0.05, 0) is 18.6 Å². The van der Waals surface area contributed by atoms with Crippen LogP contribution >= 0.6 is 0 Å².